The first-order chi connectivity index (χ1) is 13.1. The summed E-state index contributed by atoms with van der Waals surface area (Å²) in [6.07, 6.45) is 0.00897. The summed E-state index contributed by atoms with van der Waals surface area (Å²) in [5.41, 5.74) is 0.948. The Labute approximate surface area is 168 Å². The number of esters is 1. The first-order valence-electron chi connectivity index (χ1n) is 8.08. The van der Waals surface area contributed by atoms with Crippen molar-refractivity contribution < 1.29 is 23.6 Å². The minimum atomic E-state index is -0.474. The van der Waals surface area contributed by atoms with Crippen molar-refractivity contribution in [3.63, 3.8) is 0 Å². The number of halogens is 1. The molecule has 2 aromatic heterocycles. The number of nitrogens with zero attached hydrogens (tertiary/aromatic N) is 1. The van der Waals surface area contributed by atoms with Crippen molar-refractivity contribution in [1.82, 2.24) is 5.16 Å². The van der Waals surface area contributed by atoms with Gasteiger partial charge in [0.25, 0.3) is 0 Å². The molecule has 27 heavy (non-hydrogen) atoms. The fourth-order valence-electron chi connectivity index (χ4n) is 2.39. The van der Waals surface area contributed by atoms with E-state index in [1.165, 1.54) is 18.4 Å². The Kier molecular flexibility index (Phi) is 6.41. The lowest BCUT2D eigenvalue weighted by Gasteiger charge is -2.08. The standard InChI is InChI=1S/C19H16BrNO5S/c1-24-16-6-4-12(20)9-14(16)15(22)5-7-19(23)25-11-13-10-17(26-21-13)18-3-2-8-27-18/h2-4,6,8-10H,5,7,11H2,1H3. The molecule has 140 valence electrons. The number of thiophene rings is 1. The second-order valence-corrected chi connectivity index (χ2v) is 7.45. The molecular formula is C19H16BrNO5S. The molecule has 0 fully saturated rings. The Morgan fingerprint density at radius 2 is 2.07 bits per heavy atom. The van der Waals surface area contributed by atoms with Crippen LogP contribution in [-0.2, 0) is 16.1 Å². The minimum Gasteiger partial charge on any atom is -0.496 e. The van der Waals surface area contributed by atoms with Crippen LogP contribution in [0.25, 0.3) is 10.6 Å². The summed E-state index contributed by atoms with van der Waals surface area (Å²) in [7, 11) is 1.50. The lowest BCUT2D eigenvalue weighted by molar-refractivity contribution is -0.145. The van der Waals surface area contributed by atoms with E-state index < -0.39 is 5.97 Å². The average molecular weight is 450 g/mol. The number of carbonyl (C=O) groups excluding carboxylic acids is 2. The summed E-state index contributed by atoms with van der Waals surface area (Å²) in [6, 6.07) is 10.7. The molecule has 0 amide bonds. The van der Waals surface area contributed by atoms with Gasteiger partial charge in [-0.15, -0.1) is 11.3 Å². The van der Waals surface area contributed by atoms with Gasteiger partial charge in [-0.05, 0) is 29.6 Å². The number of ketones is 1. The third-order valence-corrected chi connectivity index (χ3v) is 5.10. The van der Waals surface area contributed by atoms with Gasteiger partial charge < -0.3 is 14.0 Å². The maximum absolute atomic E-state index is 12.4. The van der Waals surface area contributed by atoms with Crippen LogP contribution in [0.4, 0.5) is 0 Å². The SMILES string of the molecule is COc1ccc(Br)cc1C(=O)CCC(=O)OCc1cc(-c2cccs2)on1. The topological polar surface area (TPSA) is 78.6 Å². The van der Waals surface area contributed by atoms with Crippen molar-refractivity contribution in [2.24, 2.45) is 0 Å². The highest BCUT2D eigenvalue weighted by Gasteiger charge is 2.16. The van der Waals surface area contributed by atoms with Gasteiger partial charge in [0.1, 0.15) is 18.1 Å². The molecule has 0 saturated carbocycles. The van der Waals surface area contributed by atoms with Gasteiger partial charge in [-0.3, -0.25) is 9.59 Å². The van der Waals surface area contributed by atoms with Gasteiger partial charge in [-0.2, -0.15) is 0 Å². The van der Waals surface area contributed by atoms with E-state index in [2.05, 4.69) is 21.1 Å². The van der Waals surface area contributed by atoms with Crippen LogP contribution in [0.15, 0.2) is 50.8 Å². The summed E-state index contributed by atoms with van der Waals surface area (Å²) in [5, 5.41) is 5.82. The molecule has 6 nitrogen and oxygen atoms in total. The van der Waals surface area contributed by atoms with Gasteiger partial charge in [0.05, 0.1) is 24.0 Å². The number of methoxy groups -OCH3 is 1. The molecule has 3 rings (SSSR count). The lowest BCUT2D eigenvalue weighted by atomic mass is 10.1. The third-order valence-electron chi connectivity index (χ3n) is 3.72. The second-order valence-electron chi connectivity index (χ2n) is 5.59. The van der Waals surface area contributed by atoms with E-state index in [1.807, 2.05) is 17.5 Å². The number of Topliss-reactive ketones (excluding diaryl/α,β-unsaturated/α-hetero) is 1. The van der Waals surface area contributed by atoms with Crippen LogP contribution in [0.5, 0.6) is 5.75 Å². The molecule has 0 aliphatic rings. The van der Waals surface area contributed by atoms with Crippen LogP contribution in [-0.4, -0.2) is 24.0 Å². The van der Waals surface area contributed by atoms with Crippen molar-refractivity contribution in [3.8, 4) is 16.4 Å². The zero-order valence-corrected chi connectivity index (χ0v) is 16.8. The highest BCUT2D eigenvalue weighted by molar-refractivity contribution is 9.10. The van der Waals surface area contributed by atoms with Crippen molar-refractivity contribution in [3.05, 3.63) is 57.5 Å². The van der Waals surface area contributed by atoms with E-state index in [-0.39, 0.29) is 25.2 Å². The van der Waals surface area contributed by atoms with Crippen molar-refractivity contribution >= 4 is 39.0 Å². The molecule has 0 unspecified atom stereocenters. The highest BCUT2D eigenvalue weighted by atomic mass is 79.9. The lowest BCUT2D eigenvalue weighted by Crippen LogP contribution is -2.09. The van der Waals surface area contributed by atoms with Crippen LogP contribution in [0.2, 0.25) is 0 Å². The molecule has 0 bridgehead atoms. The zero-order valence-electron chi connectivity index (χ0n) is 14.4. The van der Waals surface area contributed by atoms with Gasteiger partial charge in [0, 0.05) is 17.0 Å². The molecular weight excluding hydrogens is 434 g/mol. The molecule has 0 radical (unpaired) electrons. The Morgan fingerprint density at radius 1 is 1.22 bits per heavy atom. The molecule has 2 heterocycles. The van der Waals surface area contributed by atoms with E-state index in [0.29, 0.717) is 22.8 Å². The van der Waals surface area contributed by atoms with Gasteiger partial charge in [0.2, 0.25) is 0 Å². The normalized spacial score (nSPS) is 10.6. The first-order valence-corrected chi connectivity index (χ1v) is 9.76. The van der Waals surface area contributed by atoms with Crippen LogP contribution in [0.1, 0.15) is 28.9 Å². The largest absolute Gasteiger partial charge is 0.496 e. The Bertz CT molecular complexity index is 935. The van der Waals surface area contributed by atoms with Crippen molar-refractivity contribution in [2.45, 2.75) is 19.4 Å². The van der Waals surface area contributed by atoms with E-state index in [9.17, 15) is 9.59 Å². The molecule has 3 aromatic rings. The molecule has 8 heteroatoms. The smallest absolute Gasteiger partial charge is 0.306 e. The van der Waals surface area contributed by atoms with Gasteiger partial charge in [-0.25, -0.2) is 0 Å². The summed E-state index contributed by atoms with van der Waals surface area (Å²) < 4.78 is 16.4. The van der Waals surface area contributed by atoms with E-state index in [4.69, 9.17) is 14.0 Å². The summed E-state index contributed by atoms with van der Waals surface area (Å²) >= 11 is 4.86. The third kappa shape index (κ3) is 5.05. The highest BCUT2D eigenvalue weighted by Crippen LogP contribution is 2.26. The molecule has 1 aromatic carbocycles. The Hall–Kier alpha value is -2.45. The zero-order chi connectivity index (χ0) is 19.2. The van der Waals surface area contributed by atoms with Crippen molar-refractivity contribution in [1.29, 1.82) is 0 Å². The van der Waals surface area contributed by atoms with Crippen LogP contribution < -0.4 is 4.74 Å². The molecule has 0 atom stereocenters. The number of aromatic nitrogens is 1. The van der Waals surface area contributed by atoms with E-state index in [1.54, 1.807) is 24.3 Å². The predicted molar refractivity (Wildman–Crippen MR) is 104 cm³/mol. The predicted octanol–water partition coefficient (Wildman–Crippen LogP) is 4.88. The Balaban J connectivity index is 1.50. The minimum absolute atomic E-state index is 0.00209. The van der Waals surface area contributed by atoms with Crippen LogP contribution >= 0.6 is 27.3 Å². The number of rotatable bonds is 8. The maximum Gasteiger partial charge on any atom is 0.306 e. The number of carbonyl (C=O) groups is 2. The average Bonchev–Trinajstić information content (AvgIpc) is 3.35. The quantitative estimate of drug-likeness (QED) is 0.360. The maximum atomic E-state index is 12.4. The summed E-state index contributed by atoms with van der Waals surface area (Å²) in [4.78, 5) is 25.2. The van der Waals surface area contributed by atoms with Crippen molar-refractivity contribution in [2.75, 3.05) is 7.11 Å². The fraction of sp³-hybridized carbons (Fsp3) is 0.211. The molecule has 0 spiro atoms. The number of benzene rings is 1. The van der Waals surface area contributed by atoms with E-state index in [0.717, 1.165) is 9.35 Å². The Morgan fingerprint density at radius 3 is 2.81 bits per heavy atom. The first kappa shape index (κ1) is 19.3. The number of hydrogen-bond donors (Lipinski definition) is 0. The summed E-state index contributed by atoms with van der Waals surface area (Å²) in [5.74, 6) is 0.442. The van der Waals surface area contributed by atoms with Gasteiger partial charge >= 0.3 is 5.97 Å². The fourth-order valence-corrected chi connectivity index (χ4v) is 3.42. The van der Waals surface area contributed by atoms with Crippen LogP contribution in [0, 0.1) is 0 Å². The molecule has 0 saturated heterocycles. The van der Waals surface area contributed by atoms with Gasteiger partial charge in [0.15, 0.2) is 11.5 Å². The molecule has 0 N–H and O–H groups in total. The van der Waals surface area contributed by atoms with Gasteiger partial charge in [-0.1, -0.05) is 27.2 Å². The number of ether oxygens (including phenoxy) is 2. The monoisotopic (exact) mass is 449 g/mol. The second kappa shape index (κ2) is 8.96. The van der Waals surface area contributed by atoms with E-state index >= 15 is 0 Å². The molecule has 0 aliphatic carbocycles. The molecule has 0 aliphatic heterocycles. The number of hydrogen-bond acceptors (Lipinski definition) is 7. The van der Waals surface area contributed by atoms with Crippen LogP contribution in [0.3, 0.4) is 0 Å². The summed E-state index contributed by atoms with van der Waals surface area (Å²) in [6.45, 7) is 0.00209.